The van der Waals surface area contributed by atoms with Crippen LogP contribution in [0, 0.1) is 0 Å². The molecule has 0 aromatic heterocycles. The summed E-state index contributed by atoms with van der Waals surface area (Å²) in [5, 5.41) is 13.4. The highest BCUT2D eigenvalue weighted by Crippen LogP contribution is 2.22. The molecule has 1 heterocycles. The molecule has 1 amide bonds. The van der Waals surface area contributed by atoms with E-state index < -0.39 is 6.10 Å². The summed E-state index contributed by atoms with van der Waals surface area (Å²) in [6.45, 7) is 4.22. The first-order valence-corrected chi connectivity index (χ1v) is 7.41. The maximum Gasteiger partial charge on any atom is 0.217 e. The first-order valence-electron chi connectivity index (χ1n) is 7.41. The number of benzene rings is 1. The second kappa shape index (κ2) is 7.43. The van der Waals surface area contributed by atoms with Crippen LogP contribution in [-0.2, 0) is 4.79 Å². The van der Waals surface area contributed by atoms with Gasteiger partial charge in [0.15, 0.2) is 0 Å². The number of hydrogen-bond acceptors (Lipinski definition) is 4. The van der Waals surface area contributed by atoms with Crippen molar-refractivity contribution in [2.75, 3.05) is 26.7 Å². The van der Waals surface area contributed by atoms with Crippen molar-refractivity contribution in [3.8, 4) is 5.75 Å². The molecular formula is C16H24N2O3. The Morgan fingerprint density at radius 1 is 1.33 bits per heavy atom. The minimum Gasteiger partial charge on any atom is -0.497 e. The Morgan fingerprint density at radius 2 is 1.95 bits per heavy atom. The molecule has 1 fully saturated rings. The Labute approximate surface area is 125 Å². The lowest BCUT2D eigenvalue weighted by molar-refractivity contribution is -0.120. The summed E-state index contributed by atoms with van der Waals surface area (Å²) in [5.74, 6) is 0.633. The normalized spacial score (nSPS) is 18.2. The lowest BCUT2D eigenvalue weighted by Crippen LogP contribution is -2.45. The molecule has 2 atom stereocenters. The molecule has 0 unspecified atom stereocenters. The van der Waals surface area contributed by atoms with Crippen LogP contribution in [0.15, 0.2) is 24.3 Å². The van der Waals surface area contributed by atoms with Crippen LogP contribution >= 0.6 is 0 Å². The molecule has 116 valence electrons. The molecule has 2 N–H and O–H groups in total. The van der Waals surface area contributed by atoms with Crippen LogP contribution in [0.5, 0.6) is 5.75 Å². The monoisotopic (exact) mass is 292 g/mol. The van der Waals surface area contributed by atoms with Crippen LogP contribution in [0.1, 0.15) is 31.4 Å². The average Bonchev–Trinajstić information content (AvgIpc) is 2.98. The first kappa shape index (κ1) is 15.8. The van der Waals surface area contributed by atoms with E-state index in [1.807, 2.05) is 24.3 Å². The topological polar surface area (TPSA) is 61.8 Å². The van der Waals surface area contributed by atoms with Gasteiger partial charge < -0.3 is 20.1 Å². The Hall–Kier alpha value is -1.59. The van der Waals surface area contributed by atoms with E-state index in [0.717, 1.165) is 24.4 Å². The molecule has 0 radical (unpaired) electrons. The third-order valence-electron chi connectivity index (χ3n) is 3.88. The van der Waals surface area contributed by atoms with Gasteiger partial charge in [0.2, 0.25) is 5.91 Å². The van der Waals surface area contributed by atoms with Gasteiger partial charge in [0.05, 0.1) is 13.2 Å². The number of likely N-dealkylation sites (tertiary alicyclic amines) is 1. The lowest BCUT2D eigenvalue weighted by atomic mass is 10.0. The van der Waals surface area contributed by atoms with Crippen LogP contribution in [0.2, 0.25) is 0 Å². The lowest BCUT2D eigenvalue weighted by Gasteiger charge is -2.28. The van der Waals surface area contributed by atoms with Gasteiger partial charge in [-0.15, -0.1) is 0 Å². The number of carbonyl (C=O) groups excluding carboxylic acids is 1. The average molecular weight is 292 g/mol. The summed E-state index contributed by atoms with van der Waals surface area (Å²) in [6, 6.07) is 7.01. The number of methoxy groups -OCH3 is 1. The molecule has 2 rings (SSSR count). The molecule has 1 aromatic carbocycles. The number of amides is 1. The molecule has 0 saturated carbocycles. The Balaban J connectivity index is 2.07. The number of hydrogen-bond donors (Lipinski definition) is 2. The number of aliphatic hydroxyl groups excluding tert-OH is 1. The highest BCUT2D eigenvalue weighted by Gasteiger charge is 2.25. The molecule has 0 spiro atoms. The fourth-order valence-electron chi connectivity index (χ4n) is 2.76. The zero-order chi connectivity index (χ0) is 15.2. The van der Waals surface area contributed by atoms with Crippen molar-refractivity contribution in [1.29, 1.82) is 0 Å². The Kier molecular flexibility index (Phi) is 5.59. The summed E-state index contributed by atoms with van der Waals surface area (Å²) in [5.41, 5.74) is 0.786. The van der Waals surface area contributed by atoms with Gasteiger partial charge in [-0.2, -0.15) is 0 Å². The number of nitrogens with zero attached hydrogens (tertiary/aromatic N) is 1. The van der Waals surface area contributed by atoms with E-state index in [1.54, 1.807) is 7.11 Å². The zero-order valence-electron chi connectivity index (χ0n) is 12.7. The van der Waals surface area contributed by atoms with Crippen LogP contribution < -0.4 is 10.1 Å². The van der Waals surface area contributed by atoms with E-state index in [4.69, 9.17) is 4.74 Å². The molecule has 0 bridgehead atoms. The second-order valence-corrected chi connectivity index (χ2v) is 5.53. The third-order valence-corrected chi connectivity index (χ3v) is 3.88. The van der Waals surface area contributed by atoms with E-state index >= 15 is 0 Å². The van der Waals surface area contributed by atoms with E-state index in [0.29, 0.717) is 6.54 Å². The number of rotatable bonds is 6. The Morgan fingerprint density at radius 3 is 2.48 bits per heavy atom. The quantitative estimate of drug-likeness (QED) is 0.830. The summed E-state index contributed by atoms with van der Waals surface area (Å²) in [4.78, 5) is 13.7. The molecular weight excluding hydrogens is 268 g/mol. The Bertz CT molecular complexity index is 455. The third kappa shape index (κ3) is 4.44. The second-order valence-electron chi connectivity index (χ2n) is 5.53. The standard InChI is InChI=1S/C16H24N2O3/c1-12(19)17-15(11-18-9-3-4-10-18)16(20)13-5-7-14(21-2)8-6-13/h5-8,15-16,20H,3-4,9-11H2,1-2H3,(H,17,19)/t15-,16-/m1/s1. The number of nitrogens with one attached hydrogen (secondary N) is 1. The van der Waals surface area contributed by atoms with E-state index in [2.05, 4.69) is 10.2 Å². The van der Waals surface area contributed by atoms with Gasteiger partial charge in [-0.25, -0.2) is 0 Å². The smallest absolute Gasteiger partial charge is 0.217 e. The summed E-state index contributed by atoms with van der Waals surface area (Å²) in [6.07, 6.45) is 1.65. The van der Waals surface area contributed by atoms with Crippen LogP contribution in [0.3, 0.4) is 0 Å². The minimum atomic E-state index is -0.722. The van der Waals surface area contributed by atoms with Crippen molar-refractivity contribution < 1.29 is 14.6 Å². The van der Waals surface area contributed by atoms with Crippen LogP contribution in [-0.4, -0.2) is 48.7 Å². The fourth-order valence-corrected chi connectivity index (χ4v) is 2.76. The van der Waals surface area contributed by atoms with Gasteiger partial charge in [-0.05, 0) is 43.6 Å². The van der Waals surface area contributed by atoms with E-state index in [1.165, 1.54) is 19.8 Å². The molecule has 0 aliphatic carbocycles. The number of aliphatic hydroxyl groups is 1. The highest BCUT2D eigenvalue weighted by atomic mass is 16.5. The molecule has 5 nitrogen and oxygen atoms in total. The van der Waals surface area contributed by atoms with E-state index in [-0.39, 0.29) is 11.9 Å². The van der Waals surface area contributed by atoms with Crippen molar-refractivity contribution in [2.45, 2.75) is 31.9 Å². The summed E-state index contributed by atoms with van der Waals surface area (Å²) >= 11 is 0. The zero-order valence-corrected chi connectivity index (χ0v) is 12.7. The molecule has 1 aliphatic heterocycles. The first-order chi connectivity index (χ1) is 10.1. The molecule has 21 heavy (non-hydrogen) atoms. The van der Waals surface area contributed by atoms with Gasteiger partial charge >= 0.3 is 0 Å². The molecule has 1 saturated heterocycles. The van der Waals surface area contributed by atoms with Crippen LogP contribution in [0.25, 0.3) is 0 Å². The van der Waals surface area contributed by atoms with Gasteiger partial charge in [0.25, 0.3) is 0 Å². The van der Waals surface area contributed by atoms with Crippen molar-refractivity contribution in [3.05, 3.63) is 29.8 Å². The van der Waals surface area contributed by atoms with Crippen molar-refractivity contribution >= 4 is 5.91 Å². The van der Waals surface area contributed by atoms with Crippen molar-refractivity contribution in [3.63, 3.8) is 0 Å². The van der Waals surface area contributed by atoms with Crippen LogP contribution in [0.4, 0.5) is 0 Å². The summed E-state index contributed by atoms with van der Waals surface area (Å²) < 4.78 is 5.12. The van der Waals surface area contributed by atoms with Gasteiger partial charge in [0, 0.05) is 13.5 Å². The van der Waals surface area contributed by atoms with Gasteiger partial charge in [0.1, 0.15) is 11.9 Å². The number of ether oxygens (including phenoxy) is 1. The van der Waals surface area contributed by atoms with Gasteiger partial charge in [-0.1, -0.05) is 12.1 Å². The molecule has 5 heteroatoms. The van der Waals surface area contributed by atoms with Crippen molar-refractivity contribution in [1.82, 2.24) is 10.2 Å². The summed E-state index contributed by atoms with van der Waals surface area (Å²) in [7, 11) is 1.61. The van der Waals surface area contributed by atoms with Gasteiger partial charge in [-0.3, -0.25) is 4.79 Å². The SMILES string of the molecule is COc1ccc([C@@H](O)[C@@H](CN2CCCC2)NC(C)=O)cc1. The van der Waals surface area contributed by atoms with Crippen molar-refractivity contribution in [2.24, 2.45) is 0 Å². The predicted octanol–water partition coefficient (Wildman–Crippen LogP) is 1.33. The van der Waals surface area contributed by atoms with E-state index in [9.17, 15) is 9.90 Å². The molecule has 1 aliphatic rings. The minimum absolute atomic E-state index is 0.119. The number of carbonyl (C=O) groups is 1. The molecule has 1 aromatic rings. The highest BCUT2D eigenvalue weighted by molar-refractivity contribution is 5.73. The largest absolute Gasteiger partial charge is 0.497 e. The maximum atomic E-state index is 11.4. The maximum absolute atomic E-state index is 11.4. The predicted molar refractivity (Wildman–Crippen MR) is 81.2 cm³/mol. The fraction of sp³-hybridized carbons (Fsp3) is 0.562.